The summed E-state index contributed by atoms with van der Waals surface area (Å²) in [5.41, 5.74) is 1.14. The van der Waals surface area contributed by atoms with Crippen molar-refractivity contribution in [1.29, 1.82) is 0 Å². The Morgan fingerprint density at radius 1 is 1.40 bits per heavy atom. The van der Waals surface area contributed by atoms with Gasteiger partial charge in [-0.05, 0) is 30.4 Å². The summed E-state index contributed by atoms with van der Waals surface area (Å²) in [5, 5.41) is 11.1. The molecule has 2 rings (SSSR count). The highest BCUT2D eigenvalue weighted by Crippen LogP contribution is 2.26. The van der Waals surface area contributed by atoms with Crippen molar-refractivity contribution < 1.29 is 13.2 Å². The summed E-state index contributed by atoms with van der Waals surface area (Å²) in [4.78, 5) is 12.2. The molecule has 1 aromatic heterocycles. The van der Waals surface area contributed by atoms with Gasteiger partial charge in [-0.15, -0.1) is 10.2 Å². The number of aromatic nitrogens is 2. The van der Waals surface area contributed by atoms with Gasteiger partial charge in [0.15, 0.2) is 4.34 Å². The van der Waals surface area contributed by atoms with Gasteiger partial charge in [-0.25, -0.2) is 8.42 Å². The number of halogens is 1. The van der Waals surface area contributed by atoms with Gasteiger partial charge >= 0.3 is 0 Å². The average Bonchev–Trinajstić information content (AvgIpc) is 2.94. The molecular formula is C14H17ClN4O3S3. The van der Waals surface area contributed by atoms with Crippen molar-refractivity contribution in [2.75, 3.05) is 28.2 Å². The molecule has 0 spiro atoms. The average molecular weight is 421 g/mol. The van der Waals surface area contributed by atoms with Gasteiger partial charge in [-0.2, -0.15) is 0 Å². The number of anilines is 2. The van der Waals surface area contributed by atoms with Crippen LogP contribution in [0.15, 0.2) is 22.5 Å². The van der Waals surface area contributed by atoms with Gasteiger partial charge in [0, 0.05) is 5.02 Å². The van der Waals surface area contributed by atoms with Crippen LogP contribution in [0.25, 0.3) is 0 Å². The molecule has 0 aliphatic heterocycles. The molecule has 0 saturated carbocycles. The molecule has 0 radical (unpaired) electrons. The minimum Gasteiger partial charge on any atom is -0.299 e. The highest BCUT2D eigenvalue weighted by atomic mass is 35.5. The van der Waals surface area contributed by atoms with E-state index >= 15 is 0 Å². The van der Waals surface area contributed by atoms with E-state index in [0.29, 0.717) is 15.8 Å². The molecule has 0 bridgehead atoms. The largest absolute Gasteiger partial charge is 0.299 e. The number of thioether (sulfide) groups is 1. The van der Waals surface area contributed by atoms with Crippen molar-refractivity contribution >= 4 is 61.4 Å². The minimum absolute atomic E-state index is 0.327. The molecular weight excluding hydrogens is 404 g/mol. The molecule has 0 fully saturated rings. The van der Waals surface area contributed by atoms with Gasteiger partial charge in [0.2, 0.25) is 21.1 Å². The standard InChI is InChI=1S/C14H17ClN4O3S3/c1-4-23-14-18-17-13(24-14)16-12(20)8-19(25(3,21)22)10-6-5-9(2)11(15)7-10/h5-7H,4,8H2,1-3H3,(H,16,17,20). The van der Waals surface area contributed by atoms with E-state index in [9.17, 15) is 13.2 Å². The van der Waals surface area contributed by atoms with Crippen LogP contribution in [0, 0.1) is 6.92 Å². The summed E-state index contributed by atoms with van der Waals surface area (Å²) in [6, 6.07) is 4.83. The van der Waals surface area contributed by atoms with E-state index in [1.807, 2.05) is 13.8 Å². The number of hydrogen-bond acceptors (Lipinski definition) is 7. The minimum atomic E-state index is -3.66. The fourth-order valence-electron chi connectivity index (χ4n) is 1.87. The van der Waals surface area contributed by atoms with Crippen molar-refractivity contribution in [2.45, 2.75) is 18.2 Å². The Bertz CT molecular complexity index is 870. The lowest BCUT2D eigenvalue weighted by atomic mass is 10.2. The number of sulfonamides is 1. The van der Waals surface area contributed by atoms with Crippen LogP contribution in [0.2, 0.25) is 5.02 Å². The maximum absolute atomic E-state index is 12.2. The van der Waals surface area contributed by atoms with Crippen LogP contribution in [0.5, 0.6) is 0 Å². The number of nitrogens with zero attached hydrogens (tertiary/aromatic N) is 3. The lowest BCUT2D eigenvalue weighted by Gasteiger charge is -2.22. The second-order valence-corrected chi connectivity index (χ2v) is 9.86. The van der Waals surface area contributed by atoms with E-state index in [0.717, 1.165) is 26.2 Å². The molecule has 0 saturated heterocycles. The highest BCUT2D eigenvalue weighted by Gasteiger charge is 2.22. The van der Waals surface area contributed by atoms with E-state index in [-0.39, 0.29) is 6.54 Å². The first kappa shape index (κ1) is 20.0. The molecule has 136 valence electrons. The first-order valence-corrected chi connectivity index (χ1v) is 11.2. The molecule has 0 unspecified atom stereocenters. The lowest BCUT2D eigenvalue weighted by molar-refractivity contribution is -0.114. The summed E-state index contributed by atoms with van der Waals surface area (Å²) in [7, 11) is -3.66. The van der Waals surface area contributed by atoms with Gasteiger partial charge in [0.25, 0.3) is 0 Å². The number of carbonyl (C=O) groups excluding carboxylic acids is 1. The predicted octanol–water partition coefficient (Wildman–Crippen LogP) is 3.02. The fraction of sp³-hybridized carbons (Fsp3) is 0.357. The molecule has 1 amide bonds. The van der Waals surface area contributed by atoms with Crippen LogP contribution in [-0.2, 0) is 14.8 Å². The Labute approximate surface area is 159 Å². The summed E-state index contributed by atoms with van der Waals surface area (Å²) in [6.07, 6.45) is 1.04. The SMILES string of the molecule is CCSc1nnc(NC(=O)CN(c2ccc(C)c(Cl)c2)S(C)(=O)=O)s1. The number of rotatable bonds is 7. The Morgan fingerprint density at radius 2 is 2.12 bits per heavy atom. The zero-order valence-electron chi connectivity index (χ0n) is 13.8. The van der Waals surface area contributed by atoms with Crippen molar-refractivity contribution in [3.8, 4) is 0 Å². The number of amides is 1. The molecule has 0 aliphatic carbocycles. The number of hydrogen-bond donors (Lipinski definition) is 1. The number of carbonyl (C=O) groups is 1. The van der Waals surface area contributed by atoms with Crippen molar-refractivity contribution in [3.05, 3.63) is 28.8 Å². The maximum atomic E-state index is 12.2. The van der Waals surface area contributed by atoms with Gasteiger partial charge in [0.05, 0.1) is 11.9 Å². The molecule has 0 atom stereocenters. The molecule has 0 aliphatic rings. The summed E-state index contributed by atoms with van der Waals surface area (Å²) < 4.78 is 25.9. The van der Waals surface area contributed by atoms with Crippen molar-refractivity contribution in [3.63, 3.8) is 0 Å². The smallest absolute Gasteiger partial charge is 0.246 e. The van der Waals surface area contributed by atoms with E-state index in [1.165, 1.54) is 29.2 Å². The Balaban J connectivity index is 2.16. The zero-order valence-corrected chi connectivity index (χ0v) is 17.0. The Morgan fingerprint density at radius 3 is 2.72 bits per heavy atom. The fourth-order valence-corrected chi connectivity index (χ4v) is 4.56. The summed E-state index contributed by atoms with van der Waals surface area (Å²) >= 11 is 8.82. The van der Waals surface area contributed by atoms with E-state index in [2.05, 4.69) is 15.5 Å². The van der Waals surface area contributed by atoms with Gasteiger partial charge in [-0.3, -0.25) is 14.4 Å². The van der Waals surface area contributed by atoms with Crippen LogP contribution in [0.3, 0.4) is 0 Å². The first-order chi connectivity index (χ1) is 11.7. The second kappa shape index (κ2) is 8.35. The van der Waals surface area contributed by atoms with Crippen LogP contribution in [0.1, 0.15) is 12.5 Å². The molecule has 25 heavy (non-hydrogen) atoms. The Hall–Kier alpha value is -1.36. The topological polar surface area (TPSA) is 92.3 Å². The number of benzene rings is 1. The third-order valence-electron chi connectivity index (χ3n) is 3.05. The summed E-state index contributed by atoms with van der Waals surface area (Å²) in [6.45, 7) is 3.42. The molecule has 1 heterocycles. The van der Waals surface area contributed by atoms with Crippen LogP contribution in [-0.4, -0.2) is 43.1 Å². The lowest BCUT2D eigenvalue weighted by Crippen LogP contribution is -2.37. The molecule has 1 aromatic carbocycles. The van der Waals surface area contributed by atoms with Crippen molar-refractivity contribution in [2.24, 2.45) is 0 Å². The second-order valence-electron chi connectivity index (χ2n) is 5.06. The monoisotopic (exact) mass is 420 g/mol. The predicted molar refractivity (Wildman–Crippen MR) is 103 cm³/mol. The highest BCUT2D eigenvalue weighted by molar-refractivity contribution is 8.01. The van der Waals surface area contributed by atoms with Crippen LogP contribution >= 0.6 is 34.7 Å². The van der Waals surface area contributed by atoms with Crippen LogP contribution < -0.4 is 9.62 Å². The van der Waals surface area contributed by atoms with E-state index in [4.69, 9.17) is 11.6 Å². The molecule has 11 heteroatoms. The molecule has 7 nitrogen and oxygen atoms in total. The third-order valence-corrected chi connectivity index (χ3v) is 6.45. The maximum Gasteiger partial charge on any atom is 0.246 e. The van der Waals surface area contributed by atoms with E-state index < -0.39 is 15.9 Å². The van der Waals surface area contributed by atoms with Crippen molar-refractivity contribution in [1.82, 2.24) is 10.2 Å². The zero-order chi connectivity index (χ0) is 18.6. The third kappa shape index (κ3) is 5.56. The molecule has 2 aromatic rings. The summed E-state index contributed by atoms with van der Waals surface area (Å²) in [5.74, 6) is 0.338. The van der Waals surface area contributed by atoms with Gasteiger partial charge in [0.1, 0.15) is 6.54 Å². The molecule has 1 N–H and O–H groups in total. The van der Waals surface area contributed by atoms with Gasteiger partial charge in [-0.1, -0.05) is 47.7 Å². The first-order valence-electron chi connectivity index (χ1n) is 7.20. The van der Waals surface area contributed by atoms with E-state index in [1.54, 1.807) is 12.1 Å². The number of aryl methyl sites for hydroxylation is 1. The quantitative estimate of drug-likeness (QED) is 0.546. The van der Waals surface area contributed by atoms with Crippen LogP contribution in [0.4, 0.5) is 10.8 Å². The Kier molecular flexibility index (Phi) is 6.66. The number of nitrogens with one attached hydrogen (secondary N) is 1. The van der Waals surface area contributed by atoms with Gasteiger partial charge < -0.3 is 0 Å². The normalized spacial score (nSPS) is 11.4.